The lowest BCUT2D eigenvalue weighted by atomic mass is 10.2. The van der Waals surface area contributed by atoms with Crippen LogP contribution in [-0.4, -0.2) is 12.5 Å². The highest BCUT2D eigenvalue weighted by molar-refractivity contribution is 5.92. The molecular formula is C15H14F2N2O. The summed E-state index contributed by atoms with van der Waals surface area (Å²) < 4.78 is 25.7. The largest absolute Gasteiger partial charge is 0.325 e. The smallest absolute Gasteiger partial charge is 0.238 e. The van der Waals surface area contributed by atoms with E-state index >= 15 is 0 Å². The van der Waals surface area contributed by atoms with Crippen molar-refractivity contribution in [2.75, 3.05) is 11.9 Å². The molecule has 20 heavy (non-hydrogen) atoms. The Morgan fingerprint density at radius 2 is 1.75 bits per heavy atom. The second-order valence-electron chi connectivity index (χ2n) is 4.27. The van der Waals surface area contributed by atoms with E-state index in [0.717, 1.165) is 12.1 Å². The van der Waals surface area contributed by atoms with Crippen molar-refractivity contribution >= 4 is 11.6 Å². The van der Waals surface area contributed by atoms with Crippen LogP contribution in [0.3, 0.4) is 0 Å². The van der Waals surface area contributed by atoms with Gasteiger partial charge in [0.2, 0.25) is 5.91 Å². The van der Waals surface area contributed by atoms with Gasteiger partial charge in [0.1, 0.15) is 0 Å². The fourth-order valence-corrected chi connectivity index (χ4v) is 1.70. The van der Waals surface area contributed by atoms with Gasteiger partial charge in [0, 0.05) is 12.2 Å². The molecule has 0 spiro atoms. The van der Waals surface area contributed by atoms with Crippen LogP contribution < -0.4 is 10.6 Å². The van der Waals surface area contributed by atoms with E-state index in [0.29, 0.717) is 17.8 Å². The molecule has 2 rings (SSSR count). The van der Waals surface area contributed by atoms with E-state index in [2.05, 4.69) is 10.6 Å². The molecule has 104 valence electrons. The summed E-state index contributed by atoms with van der Waals surface area (Å²) in [4.78, 5) is 11.6. The maximum absolute atomic E-state index is 13.0. The highest BCUT2D eigenvalue weighted by Gasteiger charge is 2.04. The van der Waals surface area contributed by atoms with Gasteiger partial charge in [-0.2, -0.15) is 0 Å². The molecule has 0 aliphatic rings. The second-order valence-corrected chi connectivity index (χ2v) is 4.27. The summed E-state index contributed by atoms with van der Waals surface area (Å²) in [7, 11) is 0. The fourth-order valence-electron chi connectivity index (χ4n) is 1.70. The number of para-hydroxylation sites is 1. The van der Waals surface area contributed by atoms with Crippen molar-refractivity contribution in [3.63, 3.8) is 0 Å². The normalized spacial score (nSPS) is 10.3. The van der Waals surface area contributed by atoms with E-state index in [1.807, 2.05) is 18.2 Å². The molecule has 0 aliphatic heterocycles. The lowest BCUT2D eigenvalue weighted by molar-refractivity contribution is -0.115. The molecule has 2 aromatic rings. The summed E-state index contributed by atoms with van der Waals surface area (Å²) in [6.45, 7) is 0.382. The number of halogens is 2. The van der Waals surface area contributed by atoms with Crippen molar-refractivity contribution in [1.29, 1.82) is 0 Å². The number of nitrogens with one attached hydrogen (secondary N) is 2. The number of hydrogen-bond donors (Lipinski definition) is 2. The average Bonchev–Trinajstić information content (AvgIpc) is 2.44. The minimum atomic E-state index is -0.891. The summed E-state index contributed by atoms with van der Waals surface area (Å²) in [6.07, 6.45) is 0. The van der Waals surface area contributed by atoms with Crippen molar-refractivity contribution in [3.05, 3.63) is 65.7 Å². The maximum atomic E-state index is 13.0. The molecule has 0 saturated heterocycles. The van der Waals surface area contributed by atoms with Crippen LogP contribution in [0.15, 0.2) is 48.5 Å². The zero-order valence-corrected chi connectivity index (χ0v) is 10.7. The lowest BCUT2D eigenvalue weighted by Crippen LogP contribution is -2.27. The third kappa shape index (κ3) is 4.13. The molecule has 0 aromatic heterocycles. The standard InChI is InChI=1S/C15H14F2N2O/c16-13-7-6-11(8-14(13)17)9-18-10-15(20)19-12-4-2-1-3-5-12/h1-8,18H,9-10H2,(H,19,20). The Bertz CT molecular complexity index is 588. The summed E-state index contributed by atoms with van der Waals surface area (Å²) in [5, 5.41) is 5.58. The number of amides is 1. The van der Waals surface area contributed by atoms with Gasteiger partial charge in [-0.1, -0.05) is 24.3 Å². The van der Waals surface area contributed by atoms with E-state index in [4.69, 9.17) is 0 Å². The predicted octanol–water partition coefficient (Wildman–Crippen LogP) is 2.69. The predicted molar refractivity (Wildman–Crippen MR) is 73.1 cm³/mol. The molecule has 0 fully saturated rings. The molecule has 2 aromatic carbocycles. The van der Waals surface area contributed by atoms with E-state index in [1.54, 1.807) is 12.1 Å². The molecule has 0 unspecified atom stereocenters. The zero-order valence-electron chi connectivity index (χ0n) is 10.7. The van der Waals surface area contributed by atoms with Crippen LogP contribution >= 0.6 is 0 Å². The summed E-state index contributed by atoms with van der Waals surface area (Å²) in [5.74, 6) is -1.97. The number of benzene rings is 2. The molecule has 0 bridgehead atoms. The fraction of sp³-hybridized carbons (Fsp3) is 0.133. The van der Waals surface area contributed by atoms with Gasteiger partial charge in [0.25, 0.3) is 0 Å². The number of carbonyl (C=O) groups excluding carboxylic acids is 1. The Balaban J connectivity index is 1.78. The van der Waals surface area contributed by atoms with E-state index in [1.165, 1.54) is 6.07 Å². The van der Waals surface area contributed by atoms with Gasteiger partial charge < -0.3 is 10.6 Å². The van der Waals surface area contributed by atoms with Crippen LogP contribution in [0.1, 0.15) is 5.56 Å². The van der Waals surface area contributed by atoms with E-state index < -0.39 is 11.6 Å². The topological polar surface area (TPSA) is 41.1 Å². The maximum Gasteiger partial charge on any atom is 0.238 e. The molecule has 1 amide bonds. The Labute approximate surface area is 115 Å². The van der Waals surface area contributed by atoms with Gasteiger partial charge in [0.15, 0.2) is 11.6 Å². The molecule has 0 heterocycles. The molecule has 0 atom stereocenters. The highest BCUT2D eigenvalue weighted by Crippen LogP contribution is 2.08. The Kier molecular flexibility index (Phi) is 4.79. The number of anilines is 1. The molecule has 3 nitrogen and oxygen atoms in total. The van der Waals surface area contributed by atoms with Crippen molar-refractivity contribution in [2.24, 2.45) is 0 Å². The van der Waals surface area contributed by atoms with E-state index in [9.17, 15) is 13.6 Å². The van der Waals surface area contributed by atoms with Crippen molar-refractivity contribution in [2.45, 2.75) is 6.54 Å². The van der Waals surface area contributed by atoms with Crippen LogP contribution in [0.25, 0.3) is 0 Å². The Hall–Kier alpha value is -2.27. The third-order valence-corrected chi connectivity index (χ3v) is 2.66. The molecule has 5 heteroatoms. The molecular weight excluding hydrogens is 262 g/mol. The Morgan fingerprint density at radius 1 is 1.00 bits per heavy atom. The minimum Gasteiger partial charge on any atom is -0.325 e. The number of rotatable bonds is 5. The minimum absolute atomic E-state index is 0.0912. The third-order valence-electron chi connectivity index (χ3n) is 2.66. The van der Waals surface area contributed by atoms with Crippen LogP contribution in [0.5, 0.6) is 0 Å². The molecule has 2 N–H and O–H groups in total. The first-order valence-electron chi connectivity index (χ1n) is 6.15. The summed E-state index contributed by atoms with van der Waals surface area (Å²) >= 11 is 0. The second kappa shape index (κ2) is 6.77. The summed E-state index contributed by atoms with van der Waals surface area (Å²) in [6, 6.07) is 12.7. The van der Waals surface area contributed by atoms with Crippen LogP contribution in [0.2, 0.25) is 0 Å². The van der Waals surface area contributed by atoms with E-state index in [-0.39, 0.29) is 12.5 Å². The average molecular weight is 276 g/mol. The van der Waals surface area contributed by atoms with Gasteiger partial charge in [0.05, 0.1) is 6.54 Å². The van der Waals surface area contributed by atoms with Crippen molar-refractivity contribution in [3.8, 4) is 0 Å². The monoisotopic (exact) mass is 276 g/mol. The molecule has 0 radical (unpaired) electrons. The zero-order chi connectivity index (χ0) is 14.4. The van der Waals surface area contributed by atoms with Crippen molar-refractivity contribution < 1.29 is 13.6 Å². The Morgan fingerprint density at radius 3 is 2.45 bits per heavy atom. The van der Waals surface area contributed by atoms with Crippen LogP contribution in [0.4, 0.5) is 14.5 Å². The first-order chi connectivity index (χ1) is 9.65. The van der Waals surface area contributed by atoms with Gasteiger partial charge >= 0.3 is 0 Å². The lowest BCUT2D eigenvalue weighted by Gasteiger charge is -2.07. The van der Waals surface area contributed by atoms with Gasteiger partial charge in [-0.3, -0.25) is 4.79 Å². The van der Waals surface area contributed by atoms with Crippen LogP contribution in [-0.2, 0) is 11.3 Å². The molecule has 0 aliphatic carbocycles. The first kappa shape index (κ1) is 14.1. The van der Waals surface area contributed by atoms with Gasteiger partial charge in [-0.25, -0.2) is 8.78 Å². The quantitative estimate of drug-likeness (QED) is 0.881. The number of hydrogen-bond acceptors (Lipinski definition) is 2. The molecule has 0 saturated carbocycles. The highest BCUT2D eigenvalue weighted by atomic mass is 19.2. The summed E-state index contributed by atoms with van der Waals surface area (Å²) in [5.41, 5.74) is 1.29. The van der Waals surface area contributed by atoms with Gasteiger partial charge in [-0.05, 0) is 29.8 Å². The SMILES string of the molecule is O=C(CNCc1ccc(F)c(F)c1)Nc1ccccc1. The first-order valence-corrected chi connectivity index (χ1v) is 6.15. The van der Waals surface area contributed by atoms with Gasteiger partial charge in [-0.15, -0.1) is 0 Å². The van der Waals surface area contributed by atoms with Crippen molar-refractivity contribution in [1.82, 2.24) is 5.32 Å². The van der Waals surface area contributed by atoms with Crippen LogP contribution in [0, 0.1) is 11.6 Å². The number of carbonyl (C=O) groups is 1.